The van der Waals surface area contributed by atoms with E-state index in [4.69, 9.17) is 4.74 Å². The van der Waals surface area contributed by atoms with E-state index in [1.807, 2.05) is 24.3 Å². The van der Waals surface area contributed by atoms with Crippen LogP contribution < -0.4 is 4.74 Å². The van der Waals surface area contributed by atoms with E-state index < -0.39 is 27.8 Å². The maximum absolute atomic E-state index is 13.6. The molecule has 1 aliphatic heterocycles. The molecule has 1 saturated heterocycles. The third kappa shape index (κ3) is 5.56. The van der Waals surface area contributed by atoms with Gasteiger partial charge in [-0.2, -0.15) is 0 Å². The zero-order valence-corrected chi connectivity index (χ0v) is 17.5. The number of sulfone groups is 1. The number of carbonyl (C=O) groups is 1. The minimum atomic E-state index is -3.18. The van der Waals surface area contributed by atoms with Crippen LogP contribution in [0.5, 0.6) is 5.75 Å². The molecule has 0 radical (unpaired) electrons. The first kappa shape index (κ1) is 21.3. The second kappa shape index (κ2) is 8.95. The van der Waals surface area contributed by atoms with Crippen molar-refractivity contribution in [2.24, 2.45) is 0 Å². The molecule has 1 aliphatic rings. The van der Waals surface area contributed by atoms with Crippen LogP contribution in [0.1, 0.15) is 31.4 Å². The van der Waals surface area contributed by atoms with Gasteiger partial charge in [-0.3, -0.25) is 4.79 Å². The summed E-state index contributed by atoms with van der Waals surface area (Å²) >= 11 is 0. The standard InChI is InChI=1S/C22H26FNO4S/c1-3-17-7-9-21(10-8-17)28-16(2)22(25)24(20-11-12-29(26,27)15-20)14-18-5-4-6-19(23)13-18/h4-10,13,16,20H,3,11-12,14-15H2,1-2H3/t16-,20+/m0/s1. The Labute approximate surface area is 171 Å². The zero-order chi connectivity index (χ0) is 21.0. The first-order valence-corrected chi connectivity index (χ1v) is 11.6. The maximum atomic E-state index is 13.6. The zero-order valence-electron chi connectivity index (χ0n) is 16.7. The van der Waals surface area contributed by atoms with Crippen molar-refractivity contribution in [3.63, 3.8) is 0 Å². The molecule has 1 amide bonds. The predicted molar refractivity (Wildman–Crippen MR) is 110 cm³/mol. The SMILES string of the molecule is CCc1ccc(O[C@@H](C)C(=O)N(Cc2cccc(F)c2)[C@@H]2CCS(=O)(=O)C2)cc1. The summed E-state index contributed by atoms with van der Waals surface area (Å²) < 4.78 is 43.4. The van der Waals surface area contributed by atoms with Crippen molar-refractivity contribution in [2.45, 2.75) is 45.4 Å². The molecule has 156 valence electrons. The molecular formula is C22H26FNO4S. The van der Waals surface area contributed by atoms with Gasteiger partial charge in [-0.25, -0.2) is 12.8 Å². The molecular weight excluding hydrogens is 393 g/mol. The third-order valence-electron chi connectivity index (χ3n) is 5.17. The smallest absolute Gasteiger partial charge is 0.263 e. The Kier molecular flexibility index (Phi) is 6.57. The van der Waals surface area contributed by atoms with Gasteiger partial charge in [-0.05, 0) is 55.2 Å². The number of amides is 1. The molecule has 1 fully saturated rings. The van der Waals surface area contributed by atoms with Crippen LogP contribution in [0.2, 0.25) is 0 Å². The van der Waals surface area contributed by atoms with E-state index in [9.17, 15) is 17.6 Å². The number of hydrogen-bond donors (Lipinski definition) is 0. The van der Waals surface area contributed by atoms with Crippen LogP contribution in [0.3, 0.4) is 0 Å². The van der Waals surface area contributed by atoms with E-state index in [-0.39, 0.29) is 24.0 Å². The quantitative estimate of drug-likeness (QED) is 0.690. The van der Waals surface area contributed by atoms with E-state index in [0.29, 0.717) is 17.7 Å². The van der Waals surface area contributed by atoms with Gasteiger partial charge in [0.05, 0.1) is 11.5 Å². The Morgan fingerprint density at radius 1 is 1.21 bits per heavy atom. The van der Waals surface area contributed by atoms with Gasteiger partial charge in [0.1, 0.15) is 11.6 Å². The molecule has 1 heterocycles. The molecule has 7 heteroatoms. The number of aryl methyl sites for hydroxylation is 1. The fourth-order valence-corrected chi connectivity index (χ4v) is 5.26. The average Bonchev–Trinajstić information content (AvgIpc) is 3.05. The average molecular weight is 420 g/mol. The number of halogens is 1. The van der Waals surface area contributed by atoms with Crippen molar-refractivity contribution in [2.75, 3.05) is 11.5 Å². The van der Waals surface area contributed by atoms with Crippen molar-refractivity contribution in [3.8, 4) is 5.75 Å². The van der Waals surface area contributed by atoms with Gasteiger partial charge in [0, 0.05) is 12.6 Å². The van der Waals surface area contributed by atoms with Crippen LogP contribution in [-0.4, -0.2) is 42.9 Å². The number of benzene rings is 2. The van der Waals surface area contributed by atoms with Crippen LogP contribution >= 0.6 is 0 Å². The summed E-state index contributed by atoms with van der Waals surface area (Å²) in [7, 11) is -3.18. The van der Waals surface area contributed by atoms with Gasteiger partial charge in [0.15, 0.2) is 15.9 Å². The molecule has 2 aromatic carbocycles. The molecule has 0 bridgehead atoms. The Balaban J connectivity index is 1.78. The summed E-state index contributed by atoms with van der Waals surface area (Å²) in [5.74, 6) is -0.150. The summed E-state index contributed by atoms with van der Waals surface area (Å²) in [6.45, 7) is 3.85. The van der Waals surface area contributed by atoms with E-state index in [2.05, 4.69) is 6.92 Å². The van der Waals surface area contributed by atoms with Crippen molar-refractivity contribution >= 4 is 15.7 Å². The lowest BCUT2D eigenvalue weighted by Gasteiger charge is -2.31. The van der Waals surface area contributed by atoms with Crippen LogP contribution in [0.4, 0.5) is 4.39 Å². The van der Waals surface area contributed by atoms with E-state index in [0.717, 1.165) is 6.42 Å². The highest BCUT2D eigenvalue weighted by Gasteiger charge is 2.36. The summed E-state index contributed by atoms with van der Waals surface area (Å²) in [5, 5.41) is 0. The Morgan fingerprint density at radius 2 is 1.93 bits per heavy atom. The Morgan fingerprint density at radius 3 is 2.52 bits per heavy atom. The highest BCUT2D eigenvalue weighted by Crippen LogP contribution is 2.23. The highest BCUT2D eigenvalue weighted by molar-refractivity contribution is 7.91. The molecule has 0 saturated carbocycles. The second-order valence-electron chi connectivity index (χ2n) is 7.41. The summed E-state index contributed by atoms with van der Waals surface area (Å²) in [5.41, 5.74) is 1.78. The number of nitrogens with zero attached hydrogens (tertiary/aromatic N) is 1. The second-order valence-corrected chi connectivity index (χ2v) is 9.64. The van der Waals surface area contributed by atoms with Crippen LogP contribution in [0.15, 0.2) is 48.5 Å². The number of hydrogen-bond acceptors (Lipinski definition) is 4. The van der Waals surface area contributed by atoms with E-state index in [1.54, 1.807) is 19.1 Å². The number of ether oxygens (including phenoxy) is 1. The Bertz CT molecular complexity index is 959. The predicted octanol–water partition coefficient (Wildman–Crippen LogP) is 3.37. The molecule has 2 atom stereocenters. The first-order chi connectivity index (χ1) is 13.8. The van der Waals surface area contributed by atoms with Gasteiger partial charge in [0.2, 0.25) is 0 Å². The third-order valence-corrected chi connectivity index (χ3v) is 6.92. The fraction of sp³-hybridized carbons (Fsp3) is 0.409. The number of rotatable bonds is 7. The van der Waals surface area contributed by atoms with Gasteiger partial charge in [-0.1, -0.05) is 31.2 Å². The molecule has 0 aliphatic carbocycles. The van der Waals surface area contributed by atoms with Crippen LogP contribution in [0, 0.1) is 5.82 Å². The van der Waals surface area contributed by atoms with Crippen LogP contribution in [-0.2, 0) is 27.6 Å². The normalized spacial score (nSPS) is 18.9. The Hall–Kier alpha value is -2.41. The maximum Gasteiger partial charge on any atom is 0.263 e. The molecule has 29 heavy (non-hydrogen) atoms. The number of carbonyl (C=O) groups excluding carboxylic acids is 1. The minimum Gasteiger partial charge on any atom is -0.481 e. The molecule has 0 N–H and O–H groups in total. The van der Waals surface area contributed by atoms with E-state index in [1.165, 1.54) is 22.6 Å². The first-order valence-electron chi connectivity index (χ1n) is 9.78. The summed E-state index contributed by atoms with van der Waals surface area (Å²) in [6.07, 6.45) is 0.493. The molecule has 5 nitrogen and oxygen atoms in total. The summed E-state index contributed by atoms with van der Waals surface area (Å²) in [4.78, 5) is 14.7. The largest absolute Gasteiger partial charge is 0.481 e. The monoisotopic (exact) mass is 419 g/mol. The lowest BCUT2D eigenvalue weighted by atomic mass is 10.1. The van der Waals surface area contributed by atoms with Crippen molar-refractivity contribution in [3.05, 3.63) is 65.5 Å². The lowest BCUT2D eigenvalue weighted by molar-refractivity contribution is -0.140. The minimum absolute atomic E-state index is 0.0539. The van der Waals surface area contributed by atoms with Crippen molar-refractivity contribution in [1.29, 1.82) is 0 Å². The van der Waals surface area contributed by atoms with Gasteiger partial charge >= 0.3 is 0 Å². The topological polar surface area (TPSA) is 63.7 Å². The van der Waals surface area contributed by atoms with E-state index >= 15 is 0 Å². The molecule has 0 aromatic heterocycles. The molecule has 0 unspecified atom stereocenters. The molecule has 3 rings (SSSR count). The fourth-order valence-electron chi connectivity index (χ4n) is 3.53. The van der Waals surface area contributed by atoms with Crippen LogP contribution in [0.25, 0.3) is 0 Å². The molecule has 0 spiro atoms. The van der Waals surface area contributed by atoms with Gasteiger partial charge in [-0.15, -0.1) is 0 Å². The lowest BCUT2D eigenvalue weighted by Crippen LogP contribution is -2.46. The van der Waals surface area contributed by atoms with Gasteiger partial charge < -0.3 is 9.64 Å². The van der Waals surface area contributed by atoms with Gasteiger partial charge in [0.25, 0.3) is 5.91 Å². The van der Waals surface area contributed by atoms with Crippen molar-refractivity contribution in [1.82, 2.24) is 4.90 Å². The molecule has 2 aromatic rings. The van der Waals surface area contributed by atoms with Crippen molar-refractivity contribution < 1.29 is 22.3 Å². The highest BCUT2D eigenvalue weighted by atomic mass is 32.2. The summed E-state index contributed by atoms with van der Waals surface area (Å²) in [6, 6.07) is 13.1.